The Morgan fingerprint density at radius 3 is 2.40 bits per heavy atom. The fourth-order valence-electron chi connectivity index (χ4n) is 0.0680. The van der Waals surface area contributed by atoms with E-state index in [1.54, 1.807) is 6.08 Å². The average molecular weight is 85.2 g/mol. The largest absolute Gasteiger partial charge is 0.788 e. The fraction of sp³-hybridized carbons (Fsp3) is 0.250. The van der Waals surface area contributed by atoms with Crippen molar-refractivity contribution in [3.63, 3.8) is 0 Å². The van der Waals surface area contributed by atoms with Gasteiger partial charge in [0.2, 0.25) is 0 Å². The van der Waals surface area contributed by atoms with Gasteiger partial charge in [0.1, 0.15) is 0 Å². The summed E-state index contributed by atoms with van der Waals surface area (Å²) in [5.74, 6) is 0. The molecule has 0 aromatic heterocycles. The molecule has 0 atom stereocenters. The van der Waals surface area contributed by atoms with Crippen molar-refractivity contribution < 1.29 is 0 Å². The molecule has 1 heteroatoms. The zero-order valence-corrected chi connectivity index (χ0v) is 3.88. The van der Waals surface area contributed by atoms with E-state index in [2.05, 4.69) is 19.0 Å². The van der Waals surface area contributed by atoms with Crippen LogP contribution in [0, 0.1) is 6.42 Å². The van der Waals surface area contributed by atoms with Crippen LogP contribution in [0.15, 0.2) is 11.5 Å². The van der Waals surface area contributed by atoms with Crippen LogP contribution < -0.4 is 0 Å². The van der Waals surface area contributed by atoms with Crippen molar-refractivity contribution in [1.82, 2.24) is 0 Å². The summed E-state index contributed by atoms with van der Waals surface area (Å²) in [6.07, 6.45) is 4.42. The topological polar surface area (TPSA) is 0 Å². The second-order valence-electron chi connectivity index (χ2n) is 0.591. The van der Waals surface area contributed by atoms with E-state index in [0.717, 1.165) is 0 Å². The summed E-state index contributed by atoms with van der Waals surface area (Å²) < 4.78 is 0. The SMILES string of the molecule is C[C]/C=C\[S-]. The molecular weight excluding hydrogens is 80.1 g/mol. The Morgan fingerprint density at radius 1 is 1.80 bits per heavy atom. The lowest BCUT2D eigenvalue weighted by atomic mass is 10.5. The Hall–Kier alpha value is -0.0400. The number of hydrogen-bond acceptors (Lipinski definition) is 1. The van der Waals surface area contributed by atoms with Crippen molar-refractivity contribution in [3.05, 3.63) is 17.9 Å². The second-order valence-corrected chi connectivity index (χ2v) is 0.864. The van der Waals surface area contributed by atoms with Crippen LogP contribution in [-0.2, 0) is 12.6 Å². The third-order valence-electron chi connectivity index (χ3n) is 0.235. The zero-order chi connectivity index (χ0) is 4.12. The molecule has 0 aliphatic carbocycles. The Labute approximate surface area is 38.3 Å². The molecule has 0 rings (SSSR count). The first-order valence-electron chi connectivity index (χ1n) is 1.36. The first kappa shape index (κ1) is 4.96. The van der Waals surface area contributed by atoms with E-state index in [9.17, 15) is 0 Å². The van der Waals surface area contributed by atoms with Crippen LogP contribution in [0.25, 0.3) is 0 Å². The highest BCUT2D eigenvalue weighted by Gasteiger charge is 1.49. The van der Waals surface area contributed by atoms with Crippen LogP contribution in [0.2, 0.25) is 0 Å². The Morgan fingerprint density at radius 2 is 2.40 bits per heavy atom. The van der Waals surface area contributed by atoms with Gasteiger partial charge in [-0.05, 0) is 0 Å². The molecule has 0 unspecified atom stereocenters. The average Bonchev–Trinajstić information content (AvgIpc) is 1.41. The van der Waals surface area contributed by atoms with Crippen LogP contribution >= 0.6 is 0 Å². The summed E-state index contributed by atoms with van der Waals surface area (Å²) >= 11 is 4.41. The fourth-order valence-corrected chi connectivity index (χ4v) is 0.204. The van der Waals surface area contributed by atoms with Crippen LogP contribution in [0.4, 0.5) is 0 Å². The molecule has 0 aliphatic heterocycles. The standard InChI is InChI=1S/C4H6S/c1-2-3-4-5/h3-5H,1H3/p-1/b4-3-. The predicted octanol–water partition coefficient (Wildman–Crippen LogP) is 1.15. The summed E-state index contributed by atoms with van der Waals surface area (Å²) in [6.45, 7) is 1.81. The van der Waals surface area contributed by atoms with Crippen LogP contribution in [-0.4, -0.2) is 0 Å². The van der Waals surface area contributed by atoms with Crippen molar-refractivity contribution in [2.45, 2.75) is 6.92 Å². The molecule has 0 amide bonds. The van der Waals surface area contributed by atoms with Crippen molar-refractivity contribution in [1.29, 1.82) is 0 Å². The van der Waals surface area contributed by atoms with E-state index in [1.807, 2.05) is 6.92 Å². The van der Waals surface area contributed by atoms with Gasteiger partial charge in [0.15, 0.2) is 0 Å². The molecule has 0 saturated heterocycles. The molecule has 0 nitrogen and oxygen atoms in total. The minimum absolute atomic E-state index is 1.53. The van der Waals surface area contributed by atoms with Crippen molar-refractivity contribution in [3.8, 4) is 0 Å². The van der Waals surface area contributed by atoms with E-state index in [4.69, 9.17) is 0 Å². The molecule has 0 aliphatic rings. The maximum atomic E-state index is 4.41. The third-order valence-corrected chi connectivity index (χ3v) is 0.371. The maximum Gasteiger partial charge on any atom is 0.00291 e. The third kappa shape index (κ3) is 3.96. The van der Waals surface area contributed by atoms with E-state index < -0.39 is 0 Å². The molecule has 0 fully saturated rings. The van der Waals surface area contributed by atoms with Gasteiger partial charge in [-0.15, -0.1) is 6.08 Å². The van der Waals surface area contributed by atoms with Gasteiger partial charge in [-0.3, -0.25) is 0 Å². The van der Waals surface area contributed by atoms with Gasteiger partial charge in [-0.1, -0.05) is 6.92 Å². The first-order chi connectivity index (χ1) is 2.41. The van der Waals surface area contributed by atoms with Crippen molar-refractivity contribution >= 4 is 12.6 Å². The molecule has 0 aromatic rings. The molecule has 0 spiro atoms. The summed E-state index contributed by atoms with van der Waals surface area (Å²) in [7, 11) is 0. The molecule has 0 N–H and O–H groups in total. The summed E-state index contributed by atoms with van der Waals surface area (Å²) in [6, 6.07) is 0. The summed E-state index contributed by atoms with van der Waals surface area (Å²) in [5, 5.41) is 1.53. The van der Waals surface area contributed by atoms with Crippen LogP contribution in [0.1, 0.15) is 6.92 Å². The minimum atomic E-state index is 1.53. The lowest BCUT2D eigenvalue weighted by Gasteiger charge is -1.79. The lowest BCUT2D eigenvalue weighted by molar-refractivity contribution is 1.57. The van der Waals surface area contributed by atoms with Gasteiger partial charge in [0, 0.05) is 6.42 Å². The maximum absolute atomic E-state index is 4.41. The number of rotatable bonds is 1. The Bertz CT molecular complexity index is 30.6. The molecule has 0 bridgehead atoms. The Kier molecular flexibility index (Phi) is 3.93. The van der Waals surface area contributed by atoms with Gasteiger partial charge in [-0.25, -0.2) is 5.41 Å². The van der Waals surface area contributed by atoms with Gasteiger partial charge in [0.25, 0.3) is 0 Å². The summed E-state index contributed by atoms with van der Waals surface area (Å²) in [4.78, 5) is 0. The van der Waals surface area contributed by atoms with Gasteiger partial charge in [0.05, 0.1) is 0 Å². The van der Waals surface area contributed by atoms with E-state index in [0.29, 0.717) is 0 Å². The lowest BCUT2D eigenvalue weighted by Crippen LogP contribution is -1.46. The number of hydrogen-bond donors (Lipinski definition) is 0. The smallest absolute Gasteiger partial charge is 0.00291 e. The molecule has 0 saturated carbocycles. The quantitative estimate of drug-likeness (QED) is 0.430. The van der Waals surface area contributed by atoms with Gasteiger partial charge < -0.3 is 12.6 Å². The van der Waals surface area contributed by atoms with E-state index in [-0.39, 0.29) is 0 Å². The first-order valence-corrected chi connectivity index (χ1v) is 1.83. The molecule has 2 radical (unpaired) electrons. The highest BCUT2D eigenvalue weighted by molar-refractivity contribution is 7.62. The van der Waals surface area contributed by atoms with Crippen LogP contribution in [0.5, 0.6) is 0 Å². The van der Waals surface area contributed by atoms with Crippen molar-refractivity contribution in [2.75, 3.05) is 0 Å². The van der Waals surface area contributed by atoms with Crippen molar-refractivity contribution in [2.24, 2.45) is 0 Å². The molecule has 5 heavy (non-hydrogen) atoms. The molecule has 28 valence electrons. The van der Waals surface area contributed by atoms with Crippen LogP contribution in [0.3, 0.4) is 0 Å². The monoisotopic (exact) mass is 85.0 g/mol. The molecular formula is C4H5S-. The zero-order valence-electron chi connectivity index (χ0n) is 3.06. The molecule has 0 heterocycles. The van der Waals surface area contributed by atoms with Gasteiger partial charge >= 0.3 is 0 Å². The Balaban J connectivity index is 2.62. The predicted molar refractivity (Wildman–Crippen MR) is 25.4 cm³/mol. The molecule has 0 aromatic carbocycles. The van der Waals surface area contributed by atoms with E-state index in [1.165, 1.54) is 5.41 Å². The second kappa shape index (κ2) is 3.96. The minimum Gasteiger partial charge on any atom is -0.788 e. The van der Waals surface area contributed by atoms with E-state index >= 15 is 0 Å². The number of allylic oxidation sites excluding steroid dienone is 1. The summed E-state index contributed by atoms with van der Waals surface area (Å²) in [5.41, 5.74) is 0. The normalized spacial score (nSPS) is 9.80. The highest BCUT2D eigenvalue weighted by atomic mass is 32.1. The van der Waals surface area contributed by atoms with Gasteiger partial charge in [-0.2, -0.15) is 0 Å². The highest BCUT2D eigenvalue weighted by Crippen LogP contribution is 1.70.